The minimum Gasteiger partial charge on any atom is -0.477 e. The predicted octanol–water partition coefficient (Wildman–Crippen LogP) is 23.5. The van der Waals surface area contributed by atoms with E-state index in [0.717, 1.165) is 34.8 Å². The number of hydrogen-bond donors (Lipinski definition) is 1. The molecule has 0 radical (unpaired) electrons. The number of nitriles is 1. The number of carbonyl (C=O) groups is 1. The molecule has 396 valence electrons. The maximum Gasteiger partial charge on any atom is 0.346 e. The summed E-state index contributed by atoms with van der Waals surface area (Å²) in [5, 5.41) is 19.2. The lowest BCUT2D eigenvalue weighted by molar-refractivity contribution is -0.132. The van der Waals surface area contributed by atoms with E-state index in [0.29, 0.717) is 0 Å². The zero-order chi connectivity index (χ0) is 52.0. The van der Waals surface area contributed by atoms with Crippen molar-refractivity contribution in [2.24, 2.45) is 0 Å². The summed E-state index contributed by atoms with van der Waals surface area (Å²) in [5.74, 6) is -1.18. The number of hydrogen-bond acceptors (Lipinski definition) is 8. The Kier molecular flexibility index (Phi) is 23.0. The van der Waals surface area contributed by atoms with Crippen molar-refractivity contribution in [1.82, 2.24) is 0 Å². The number of fused-ring (bicyclic) bond motifs is 5. The van der Waals surface area contributed by atoms with E-state index >= 15 is 0 Å². The molecule has 5 aromatic heterocycles. The van der Waals surface area contributed by atoms with Crippen LogP contribution in [0.5, 0.6) is 0 Å². The van der Waals surface area contributed by atoms with Gasteiger partial charge in [0.15, 0.2) is 0 Å². The highest BCUT2D eigenvalue weighted by atomic mass is 32.1. The lowest BCUT2D eigenvalue weighted by Gasteiger charge is -2.25. The van der Waals surface area contributed by atoms with Crippen LogP contribution in [0.25, 0.3) is 54.5 Å². The number of aliphatic carboxylic acids is 1. The van der Waals surface area contributed by atoms with Crippen molar-refractivity contribution in [3.63, 3.8) is 0 Å². The Balaban J connectivity index is 1.05. The fraction of sp³-hybridized carbons (Fsp3) is 0.455. The number of rotatable bonds is 35. The van der Waals surface area contributed by atoms with E-state index in [4.69, 9.17) is 0 Å². The first-order chi connectivity index (χ1) is 37.0. The Morgan fingerprint density at radius 3 is 1.27 bits per heavy atom. The Morgan fingerprint density at radius 1 is 0.453 bits per heavy atom. The molecular formula is C66H80N2O2S5. The van der Waals surface area contributed by atoms with Crippen LogP contribution >= 0.6 is 56.7 Å². The molecule has 4 nitrogen and oxygen atoms in total. The Labute approximate surface area is 469 Å². The second-order valence-corrected chi connectivity index (χ2v) is 25.9. The molecule has 8 aromatic rings. The van der Waals surface area contributed by atoms with Crippen LogP contribution in [0.2, 0.25) is 0 Å². The van der Waals surface area contributed by atoms with Crippen molar-refractivity contribution in [3.8, 4) is 26.3 Å². The number of thiophene rings is 5. The Morgan fingerprint density at radius 2 is 0.840 bits per heavy atom. The van der Waals surface area contributed by atoms with Gasteiger partial charge in [-0.3, -0.25) is 0 Å². The third-order valence-electron chi connectivity index (χ3n) is 14.9. The van der Waals surface area contributed by atoms with Crippen LogP contribution in [0.4, 0.5) is 17.1 Å². The third kappa shape index (κ3) is 15.6. The molecule has 9 heteroatoms. The first kappa shape index (κ1) is 56.6. The van der Waals surface area contributed by atoms with Crippen molar-refractivity contribution >= 4 is 114 Å². The summed E-state index contributed by atoms with van der Waals surface area (Å²) < 4.78 is 8.66. The predicted molar refractivity (Wildman–Crippen MR) is 334 cm³/mol. The van der Waals surface area contributed by atoms with Gasteiger partial charge in [-0.2, -0.15) is 5.26 Å². The zero-order valence-electron chi connectivity index (χ0n) is 44.9. The van der Waals surface area contributed by atoms with Gasteiger partial charge in [-0.15, -0.1) is 56.7 Å². The van der Waals surface area contributed by atoms with Crippen LogP contribution in [0, 0.1) is 11.3 Å². The largest absolute Gasteiger partial charge is 0.477 e. The summed E-state index contributed by atoms with van der Waals surface area (Å²) in [6, 6.07) is 36.8. The normalized spacial score (nSPS) is 11.9. The number of para-hydroxylation sites is 2. The smallest absolute Gasteiger partial charge is 0.346 e. The van der Waals surface area contributed by atoms with Gasteiger partial charge in [0.1, 0.15) is 11.6 Å². The Bertz CT molecular complexity index is 2990. The van der Waals surface area contributed by atoms with Gasteiger partial charge in [-0.25, -0.2) is 4.79 Å². The molecule has 5 heterocycles. The molecule has 0 aliphatic rings. The van der Waals surface area contributed by atoms with Crippen molar-refractivity contribution in [3.05, 3.63) is 119 Å². The second-order valence-electron chi connectivity index (χ2n) is 20.7. The molecule has 0 saturated heterocycles. The molecule has 0 bridgehead atoms. The summed E-state index contributed by atoms with van der Waals surface area (Å²) in [6.07, 6.45) is 38.7. The van der Waals surface area contributed by atoms with Gasteiger partial charge in [0.2, 0.25) is 0 Å². The number of aryl methyl sites for hydroxylation is 2. The summed E-state index contributed by atoms with van der Waals surface area (Å²) in [6.45, 7) is 4.59. The molecule has 0 spiro atoms. The second kappa shape index (κ2) is 30.4. The van der Waals surface area contributed by atoms with Crippen LogP contribution in [0.1, 0.15) is 197 Å². The average Bonchev–Trinajstić information content (AvgIpc) is 4.27. The number of nitrogens with zero attached hydrogens (tertiary/aromatic N) is 2. The van der Waals surface area contributed by atoms with Gasteiger partial charge in [-0.1, -0.05) is 216 Å². The van der Waals surface area contributed by atoms with E-state index in [2.05, 4.69) is 110 Å². The van der Waals surface area contributed by atoms with E-state index in [1.807, 2.05) is 57.5 Å². The van der Waals surface area contributed by atoms with E-state index in [1.54, 1.807) is 11.3 Å². The molecule has 0 aliphatic heterocycles. The number of anilines is 3. The van der Waals surface area contributed by atoms with Gasteiger partial charge in [0, 0.05) is 36.6 Å². The molecule has 8 rings (SSSR count). The fourth-order valence-electron chi connectivity index (χ4n) is 10.7. The fourth-order valence-corrected chi connectivity index (χ4v) is 18.1. The lowest BCUT2D eigenvalue weighted by Crippen LogP contribution is -2.09. The van der Waals surface area contributed by atoms with Crippen LogP contribution in [0.3, 0.4) is 0 Å². The molecule has 75 heavy (non-hydrogen) atoms. The zero-order valence-corrected chi connectivity index (χ0v) is 49.0. The van der Waals surface area contributed by atoms with Crippen molar-refractivity contribution in [2.45, 2.75) is 194 Å². The van der Waals surface area contributed by atoms with Crippen LogP contribution in [-0.2, 0) is 17.6 Å². The highest BCUT2D eigenvalue weighted by molar-refractivity contribution is 7.45. The molecule has 0 fully saturated rings. The van der Waals surface area contributed by atoms with Gasteiger partial charge in [-0.05, 0) is 97.0 Å². The summed E-state index contributed by atoms with van der Waals surface area (Å²) >= 11 is 9.60. The van der Waals surface area contributed by atoms with E-state index in [1.165, 1.54) is 233 Å². The topological polar surface area (TPSA) is 64.3 Å². The SMILES string of the molecule is CCCCCCCCCCCCCCCc1c(-c2ccc(N(c3ccccc3)c3ccccc3)cc2)sc2c1sc1c3sc(-c4ccc(/C=C(/C#N)C(=O)O)s4)c(CCCCCCCCCCCCCCC)c3sc21. The van der Waals surface area contributed by atoms with Crippen molar-refractivity contribution in [1.29, 1.82) is 5.26 Å². The third-order valence-corrected chi connectivity index (χ3v) is 21.8. The number of carboxylic acids is 1. The Hall–Kier alpha value is -4.56. The van der Waals surface area contributed by atoms with Gasteiger partial charge in [0.05, 0.1) is 28.2 Å². The lowest BCUT2D eigenvalue weighted by atomic mass is 10.0. The quantitative estimate of drug-likeness (QED) is 0.0244. The minimum absolute atomic E-state index is 0.227. The molecule has 3 aromatic carbocycles. The van der Waals surface area contributed by atoms with Crippen LogP contribution < -0.4 is 4.90 Å². The number of carboxylic acid groups (broad SMARTS) is 1. The average molecular weight is 1090 g/mol. The molecular weight excluding hydrogens is 1010 g/mol. The minimum atomic E-state index is -1.18. The monoisotopic (exact) mass is 1090 g/mol. The highest BCUT2D eigenvalue weighted by Crippen LogP contribution is 2.56. The maximum absolute atomic E-state index is 11.8. The molecule has 0 aliphatic carbocycles. The highest BCUT2D eigenvalue weighted by Gasteiger charge is 2.26. The van der Waals surface area contributed by atoms with E-state index in [-0.39, 0.29) is 5.57 Å². The number of benzene rings is 3. The van der Waals surface area contributed by atoms with Crippen LogP contribution in [0.15, 0.2) is 103 Å². The first-order valence-corrected chi connectivity index (χ1v) is 32.9. The van der Waals surface area contributed by atoms with Crippen LogP contribution in [-0.4, -0.2) is 11.1 Å². The van der Waals surface area contributed by atoms with Crippen molar-refractivity contribution < 1.29 is 9.90 Å². The van der Waals surface area contributed by atoms with E-state index < -0.39 is 5.97 Å². The summed E-state index contributed by atoms with van der Waals surface area (Å²) in [7, 11) is 0. The number of unbranched alkanes of at least 4 members (excludes halogenated alkanes) is 24. The van der Waals surface area contributed by atoms with Gasteiger partial charge in [0.25, 0.3) is 0 Å². The molecule has 0 saturated carbocycles. The summed E-state index contributed by atoms with van der Waals surface area (Å²) in [4.78, 5) is 18.8. The van der Waals surface area contributed by atoms with Gasteiger partial charge < -0.3 is 10.0 Å². The maximum atomic E-state index is 11.8. The molecule has 0 amide bonds. The molecule has 0 unspecified atom stereocenters. The molecule has 1 N–H and O–H groups in total. The summed E-state index contributed by atoms with van der Waals surface area (Å²) in [5.41, 5.74) is 7.51. The van der Waals surface area contributed by atoms with Gasteiger partial charge >= 0.3 is 5.97 Å². The first-order valence-electron chi connectivity index (χ1n) is 28.9. The standard InChI is InChI=1S/C66H80N2O2S5/c1-3-5-7-9-11-13-15-17-19-21-23-25-33-39-55-58(49-41-43-53(44-42-49)68(51-35-29-27-30-36-51)52-37-31-28-32-38-52)72-62-60(55)74-65-63-61(75-64(62)65)56(40-34-26-24-22-20-18-16-14-12-10-8-6-4-2)59(73-63)57-46-45-54(71-57)47-50(48-67)66(69)70/h27-32,35-38,41-47H,3-26,33-34,39-40H2,1-2H3,(H,69,70)/b50-47-. The van der Waals surface area contributed by atoms with Crippen molar-refractivity contribution in [2.75, 3.05) is 4.90 Å². The molecule has 0 atom stereocenters. The van der Waals surface area contributed by atoms with E-state index in [9.17, 15) is 15.2 Å².